The van der Waals surface area contributed by atoms with Crippen LogP contribution >= 0.6 is 0 Å². The molecular weight excluding hydrogens is 216 g/mol. The van der Waals surface area contributed by atoms with Gasteiger partial charge in [-0.25, -0.2) is 4.98 Å². The number of nitrogens with one attached hydrogen (secondary N) is 1. The number of imidazole rings is 1. The Morgan fingerprint density at radius 1 is 1.35 bits per heavy atom. The molecule has 0 amide bonds. The standard InChI is InChI=1S/C11H18N6/c1-3-5-6-17-7-14-8-9(13-4-2)15-11(12)16-10(8)17/h7H,3-6H2,1-2H3,(H3,12,13,15,16). The number of nitrogen functional groups attached to an aromatic ring is 1. The van der Waals surface area contributed by atoms with E-state index in [1.807, 2.05) is 11.5 Å². The van der Waals surface area contributed by atoms with Crippen molar-refractivity contribution in [3.05, 3.63) is 6.33 Å². The summed E-state index contributed by atoms with van der Waals surface area (Å²) in [5.41, 5.74) is 7.30. The van der Waals surface area contributed by atoms with Crippen LogP contribution in [0.2, 0.25) is 0 Å². The average Bonchev–Trinajstić information content (AvgIpc) is 2.70. The fourth-order valence-corrected chi connectivity index (χ4v) is 1.74. The predicted molar refractivity (Wildman–Crippen MR) is 68.8 cm³/mol. The molecule has 0 fully saturated rings. The van der Waals surface area contributed by atoms with E-state index in [1.54, 1.807) is 6.33 Å². The molecule has 3 N–H and O–H groups in total. The van der Waals surface area contributed by atoms with Gasteiger partial charge in [-0.05, 0) is 13.3 Å². The molecule has 0 atom stereocenters. The van der Waals surface area contributed by atoms with Crippen molar-refractivity contribution in [3.63, 3.8) is 0 Å². The zero-order valence-electron chi connectivity index (χ0n) is 10.3. The molecule has 0 aliphatic carbocycles. The molecule has 0 aromatic carbocycles. The summed E-state index contributed by atoms with van der Waals surface area (Å²) in [6.45, 7) is 5.87. The highest BCUT2D eigenvalue weighted by atomic mass is 15.2. The summed E-state index contributed by atoms with van der Waals surface area (Å²) in [5, 5.41) is 3.15. The van der Waals surface area contributed by atoms with Gasteiger partial charge in [0.05, 0.1) is 6.33 Å². The Morgan fingerprint density at radius 2 is 2.18 bits per heavy atom. The second-order valence-corrected chi connectivity index (χ2v) is 3.92. The fourth-order valence-electron chi connectivity index (χ4n) is 1.74. The second kappa shape index (κ2) is 4.99. The van der Waals surface area contributed by atoms with Crippen molar-refractivity contribution >= 4 is 22.9 Å². The van der Waals surface area contributed by atoms with Crippen LogP contribution in [0.25, 0.3) is 11.2 Å². The van der Waals surface area contributed by atoms with E-state index in [4.69, 9.17) is 5.73 Å². The van der Waals surface area contributed by atoms with Crippen LogP contribution in [0.5, 0.6) is 0 Å². The fraction of sp³-hybridized carbons (Fsp3) is 0.545. The molecule has 2 aromatic rings. The van der Waals surface area contributed by atoms with Crippen molar-refractivity contribution < 1.29 is 0 Å². The molecule has 6 heteroatoms. The van der Waals surface area contributed by atoms with E-state index in [0.717, 1.165) is 37.1 Å². The van der Waals surface area contributed by atoms with Crippen LogP contribution in [-0.2, 0) is 6.54 Å². The van der Waals surface area contributed by atoms with Gasteiger partial charge in [-0.1, -0.05) is 13.3 Å². The molecule has 0 unspecified atom stereocenters. The van der Waals surface area contributed by atoms with Gasteiger partial charge in [0.15, 0.2) is 17.0 Å². The maximum Gasteiger partial charge on any atom is 0.224 e. The van der Waals surface area contributed by atoms with Gasteiger partial charge in [0.25, 0.3) is 0 Å². The summed E-state index contributed by atoms with van der Waals surface area (Å²) in [5.74, 6) is 0.997. The molecule has 0 saturated heterocycles. The van der Waals surface area contributed by atoms with Crippen molar-refractivity contribution in [3.8, 4) is 0 Å². The molecule has 2 aromatic heterocycles. The van der Waals surface area contributed by atoms with Gasteiger partial charge in [-0.2, -0.15) is 9.97 Å². The molecule has 17 heavy (non-hydrogen) atoms. The van der Waals surface area contributed by atoms with Crippen molar-refractivity contribution in [2.24, 2.45) is 0 Å². The van der Waals surface area contributed by atoms with Crippen molar-refractivity contribution in [2.45, 2.75) is 33.2 Å². The van der Waals surface area contributed by atoms with Gasteiger partial charge < -0.3 is 15.6 Å². The zero-order valence-corrected chi connectivity index (χ0v) is 10.3. The third-order valence-corrected chi connectivity index (χ3v) is 2.58. The Balaban J connectivity index is 2.45. The molecule has 0 radical (unpaired) electrons. The summed E-state index contributed by atoms with van der Waals surface area (Å²) >= 11 is 0. The Morgan fingerprint density at radius 3 is 2.88 bits per heavy atom. The Hall–Kier alpha value is -1.85. The molecule has 0 aliphatic rings. The number of aromatic nitrogens is 4. The number of hydrogen-bond acceptors (Lipinski definition) is 5. The highest BCUT2D eigenvalue weighted by Crippen LogP contribution is 2.19. The van der Waals surface area contributed by atoms with Gasteiger partial charge in [-0.3, -0.25) is 0 Å². The number of nitrogens with zero attached hydrogens (tertiary/aromatic N) is 4. The van der Waals surface area contributed by atoms with Gasteiger partial charge in [0.2, 0.25) is 5.95 Å². The average molecular weight is 234 g/mol. The molecule has 2 heterocycles. The summed E-state index contributed by atoms with van der Waals surface area (Å²) in [7, 11) is 0. The number of unbranched alkanes of at least 4 members (excludes halogenated alkanes) is 1. The van der Waals surface area contributed by atoms with Crippen molar-refractivity contribution in [1.29, 1.82) is 0 Å². The Kier molecular flexibility index (Phi) is 3.41. The van der Waals surface area contributed by atoms with Gasteiger partial charge in [0, 0.05) is 13.1 Å². The van der Waals surface area contributed by atoms with E-state index >= 15 is 0 Å². The quantitative estimate of drug-likeness (QED) is 0.822. The smallest absolute Gasteiger partial charge is 0.224 e. The van der Waals surface area contributed by atoms with E-state index in [1.165, 1.54) is 0 Å². The maximum absolute atomic E-state index is 5.71. The lowest BCUT2D eigenvalue weighted by Gasteiger charge is -2.05. The molecule has 0 aliphatic heterocycles. The highest BCUT2D eigenvalue weighted by Gasteiger charge is 2.11. The monoisotopic (exact) mass is 234 g/mol. The Labute approximate surface area is 100 Å². The minimum Gasteiger partial charge on any atom is -0.368 e. The highest BCUT2D eigenvalue weighted by molar-refractivity contribution is 5.84. The lowest BCUT2D eigenvalue weighted by Crippen LogP contribution is -2.06. The van der Waals surface area contributed by atoms with Crippen LogP contribution in [0.4, 0.5) is 11.8 Å². The molecule has 2 rings (SSSR count). The first-order valence-corrected chi connectivity index (χ1v) is 5.98. The number of anilines is 2. The summed E-state index contributed by atoms with van der Waals surface area (Å²) in [6, 6.07) is 0. The van der Waals surface area contributed by atoms with Gasteiger partial charge >= 0.3 is 0 Å². The molecule has 6 nitrogen and oxygen atoms in total. The number of aryl methyl sites for hydroxylation is 1. The normalized spacial score (nSPS) is 10.9. The molecule has 92 valence electrons. The van der Waals surface area contributed by atoms with Crippen LogP contribution in [0.15, 0.2) is 6.33 Å². The number of hydrogen-bond donors (Lipinski definition) is 2. The van der Waals surface area contributed by atoms with E-state index in [9.17, 15) is 0 Å². The first-order valence-electron chi connectivity index (χ1n) is 5.98. The molecule has 0 bridgehead atoms. The van der Waals surface area contributed by atoms with E-state index in [2.05, 4.69) is 27.2 Å². The lowest BCUT2D eigenvalue weighted by atomic mass is 10.3. The molecular formula is C11H18N6. The first kappa shape index (κ1) is 11.6. The van der Waals surface area contributed by atoms with Crippen LogP contribution in [0.3, 0.4) is 0 Å². The van der Waals surface area contributed by atoms with Crippen LogP contribution in [0, 0.1) is 0 Å². The number of rotatable bonds is 5. The van der Waals surface area contributed by atoms with Crippen molar-refractivity contribution in [2.75, 3.05) is 17.6 Å². The first-order chi connectivity index (χ1) is 8.26. The summed E-state index contributed by atoms with van der Waals surface area (Å²) < 4.78 is 2.03. The van der Waals surface area contributed by atoms with E-state index < -0.39 is 0 Å². The van der Waals surface area contributed by atoms with E-state index in [-0.39, 0.29) is 5.95 Å². The SMILES string of the molecule is CCCCn1cnc2c(NCC)nc(N)nc21. The van der Waals surface area contributed by atoms with Crippen LogP contribution < -0.4 is 11.1 Å². The van der Waals surface area contributed by atoms with Crippen LogP contribution in [0.1, 0.15) is 26.7 Å². The minimum absolute atomic E-state index is 0.284. The van der Waals surface area contributed by atoms with E-state index in [0.29, 0.717) is 5.82 Å². The maximum atomic E-state index is 5.71. The largest absolute Gasteiger partial charge is 0.368 e. The predicted octanol–water partition coefficient (Wildman–Crippen LogP) is 1.64. The van der Waals surface area contributed by atoms with Gasteiger partial charge in [-0.15, -0.1) is 0 Å². The summed E-state index contributed by atoms with van der Waals surface area (Å²) in [4.78, 5) is 12.8. The Bertz CT molecular complexity index is 504. The molecule has 0 spiro atoms. The number of fused-ring (bicyclic) bond motifs is 1. The summed E-state index contributed by atoms with van der Waals surface area (Å²) in [6.07, 6.45) is 4.04. The third kappa shape index (κ3) is 2.30. The lowest BCUT2D eigenvalue weighted by molar-refractivity contribution is 0.642. The van der Waals surface area contributed by atoms with Gasteiger partial charge in [0.1, 0.15) is 0 Å². The van der Waals surface area contributed by atoms with Crippen molar-refractivity contribution in [1.82, 2.24) is 19.5 Å². The zero-order chi connectivity index (χ0) is 12.3. The second-order valence-electron chi connectivity index (χ2n) is 3.92. The third-order valence-electron chi connectivity index (χ3n) is 2.58. The van der Waals surface area contributed by atoms with Crippen LogP contribution in [-0.4, -0.2) is 26.1 Å². The number of nitrogens with two attached hydrogens (primary N) is 1. The minimum atomic E-state index is 0.284. The topological polar surface area (TPSA) is 81.7 Å². The molecule has 0 saturated carbocycles.